The summed E-state index contributed by atoms with van der Waals surface area (Å²) in [5.74, 6) is -0.417. The van der Waals surface area contributed by atoms with Gasteiger partial charge in [-0.15, -0.1) is 0 Å². The molecule has 18 heavy (non-hydrogen) atoms. The fraction of sp³-hybridized carbons (Fsp3) is 0.0833. The van der Waals surface area contributed by atoms with Gasteiger partial charge in [-0.2, -0.15) is 0 Å². The molecule has 0 fully saturated rings. The normalized spacial score (nSPS) is 11.4. The molecule has 0 amide bonds. The highest BCUT2D eigenvalue weighted by atomic mass is 32.2. The first kappa shape index (κ1) is 12.5. The van der Waals surface area contributed by atoms with Crippen LogP contribution in [0.5, 0.6) is 0 Å². The number of hydrogen-bond acceptors (Lipinski definition) is 4. The third-order valence-corrected chi connectivity index (χ3v) is 4.19. The van der Waals surface area contributed by atoms with E-state index in [1.54, 1.807) is 18.2 Å². The van der Waals surface area contributed by atoms with Crippen molar-refractivity contribution in [3.63, 3.8) is 0 Å². The number of rotatable bonds is 4. The van der Waals surface area contributed by atoms with Crippen LogP contribution < -0.4 is 5.73 Å². The van der Waals surface area contributed by atoms with Crippen LogP contribution in [0.4, 0.5) is 0 Å². The molecule has 2 rings (SSSR count). The van der Waals surface area contributed by atoms with Crippen molar-refractivity contribution in [2.24, 2.45) is 5.73 Å². The van der Waals surface area contributed by atoms with Crippen LogP contribution in [0.25, 0.3) is 0 Å². The lowest BCUT2D eigenvalue weighted by atomic mass is 10.3. The lowest BCUT2D eigenvalue weighted by Gasteiger charge is -2.09. The lowest BCUT2D eigenvalue weighted by Crippen LogP contribution is -2.22. The van der Waals surface area contributed by atoms with E-state index in [-0.39, 0.29) is 17.1 Å². The molecule has 2 N–H and O–H groups in total. The number of Topliss-reactive ketones (excluding diaryl/α,β-unsaturated/α-hetero) is 1. The van der Waals surface area contributed by atoms with Gasteiger partial charge in [0.25, 0.3) is 10.0 Å². The van der Waals surface area contributed by atoms with E-state index in [9.17, 15) is 13.2 Å². The molecule has 0 aliphatic carbocycles. The van der Waals surface area contributed by atoms with E-state index in [0.717, 1.165) is 3.97 Å². The number of hydrogen-bond donors (Lipinski definition) is 1. The Morgan fingerprint density at radius 3 is 2.39 bits per heavy atom. The zero-order chi connectivity index (χ0) is 13.2. The second-order valence-corrected chi connectivity index (χ2v) is 5.45. The van der Waals surface area contributed by atoms with Crippen LogP contribution >= 0.6 is 0 Å². The Hall–Kier alpha value is -1.92. The van der Waals surface area contributed by atoms with Crippen molar-refractivity contribution in [3.8, 4) is 0 Å². The first-order chi connectivity index (χ1) is 8.57. The molecule has 94 valence electrons. The summed E-state index contributed by atoms with van der Waals surface area (Å²) in [4.78, 5) is 11.7. The lowest BCUT2D eigenvalue weighted by molar-refractivity contribution is 0.0996. The quantitative estimate of drug-likeness (QED) is 0.830. The third kappa shape index (κ3) is 2.07. The molecule has 0 unspecified atom stereocenters. The van der Waals surface area contributed by atoms with Crippen molar-refractivity contribution in [3.05, 3.63) is 54.4 Å². The molecule has 2 aromatic rings. The highest BCUT2D eigenvalue weighted by molar-refractivity contribution is 7.90. The minimum absolute atomic E-state index is 0.0707. The number of nitrogens with two attached hydrogens (primary N) is 1. The van der Waals surface area contributed by atoms with Gasteiger partial charge in [-0.1, -0.05) is 18.2 Å². The summed E-state index contributed by atoms with van der Waals surface area (Å²) in [5, 5.41) is 0. The number of carbonyl (C=O) groups is 1. The van der Waals surface area contributed by atoms with Gasteiger partial charge in [-0.05, 0) is 24.3 Å². The first-order valence-corrected chi connectivity index (χ1v) is 6.72. The van der Waals surface area contributed by atoms with Gasteiger partial charge in [0.1, 0.15) is 5.69 Å². The minimum Gasteiger partial charge on any atom is -0.324 e. The molecule has 0 saturated carbocycles. The van der Waals surface area contributed by atoms with Gasteiger partial charge in [-0.25, -0.2) is 12.4 Å². The summed E-state index contributed by atoms with van der Waals surface area (Å²) in [6.07, 6.45) is 1.34. The summed E-state index contributed by atoms with van der Waals surface area (Å²) in [7, 11) is -3.74. The zero-order valence-electron chi connectivity index (χ0n) is 9.48. The molecule has 0 saturated heterocycles. The number of aromatic nitrogens is 1. The van der Waals surface area contributed by atoms with Gasteiger partial charge in [-0.3, -0.25) is 4.79 Å². The maximum atomic E-state index is 12.3. The predicted molar refractivity (Wildman–Crippen MR) is 66.8 cm³/mol. The van der Waals surface area contributed by atoms with E-state index in [2.05, 4.69) is 0 Å². The van der Waals surface area contributed by atoms with Gasteiger partial charge < -0.3 is 5.73 Å². The molecule has 1 heterocycles. The molecule has 0 atom stereocenters. The molecule has 0 aliphatic rings. The van der Waals surface area contributed by atoms with Crippen molar-refractivity contribution >= 4 is 15.8 Å². The fourth-order valence-electron chi connectivity index (χ4n) is 1.60. The summed E-state index contributed by atoms with van der Waals surface area (Å²) >= 11 is 0. The molecule has 0 radical (unpaired) electrons. The standard InChI is InChI=1S/C12H12N2O3S/c13-9-12(15)11-7-4-8-14(11)18(16,17)10-5-2-1-3-6-10/h1-8H,9,13H2. The Kier molecular flexibility index (Phi) is 3.31. The molecule has 0 spiro atoms. The van der Waals surface area contributed by atoms with E-state index >= 15 is 0 Å². The van der Waals surface area contributed by atoms with Crippen molar-refractivity contribution in [1.29, 1.82) is 0 Å². The number of nitrogens with zero attached hydrogens (tertiary/aromatic N) is 1. The van der Waals surface area contributed by atoms with Crippen molar-refractivity contribution in [2.45, 2.75) is 4.90 Å². The highest BCUT2D eigenvalue weighted by Gasteiger charge is 2.21. The second kappa shape index (κ2) is 4.75. The Labute approximate surface area is 105 Å². The van der Waals surface area contributed by atoms with Gasteiger partial charge in [0.05, 0.1) is 11.4 Å². The minimum atomic E-state index is -3.74. The van der Waals surface area contributed by atoms with Crippen LogP contribution in [0.15, 0.2) is 53.6 Å². The van der Waals surface area contributed by atoms with Crippen molar-refractivity contribution < 1.29 is 13.2 Å². The van der Waals surface area contributed by atoms with Crippen LogP contribution in [0.3, 0.4) is 0 Å². The third-order valence-electron chi connectivity index (χ3n) is 2.48. The molecule has 0 aliphatic heterocycles. The SMILES string of the molecule is NCC(=O)c1cccn1S(=O)(=O)c1ccccc1. The van der Waals surface area contributed by atoms with Crippen LogP contribution in [0.2, 0.25) is 0 Å². The van der Waals surface area contributed by atoms with Gasteiger partial charge >= 0.3 is 0 Å². The van der Waals surface area contributed by atoms with E-state index in [4.69, 9.17) is 5.73 Å². The molecular formula is C12H12N2O3S. The summed E-state index contributed by atoms with van der Waals surface area (Å²) in [6.45, 7) is -0.228. The molecular weight excluding hydrogens is 252 g/mol. The Balaban J connectivity index is 2.56. The van der Waals surface area contributed by atoms with E-state index in [1.807, 2.05) is 0 Å². The summed E-state index contributed by atoms with van der Waals surface area (Å²) in [5.41, 5.74) is 5.33. The number of ketones is 1. The van der Waals surface area contributed by atoms with Crippen LogP contribution in [0.1, 0.15) is 10.5 Å². The number of carbonyl (C=O) groups excluding carboxylic acids is 1. The van der Waals surface area contributed by atoms with E-state index < -0.39 is 15.8 Å². The van der Waals surface area contributed by atoms with Crippen molar-refractivity contribution in [1.82, 2.24) is 3.97 Å². The highest BCUT2D eigenvalue weighted by Crippen LogP contribution is 2.16. The largest absolute Gasteiger partial charge is 0.324 e. The second-order valence-electron chi connectivity index (χ2n) is 3.63. The Bertz CT molecular complexity index is 660. The summed E-state index contributed by atoms with van der Waals surface area (Å²) < 4.78 is 25.6. The maximum absolute atomic E-state index is 12.3. The van der Waals surface area contributed by atoms with Gasteiger partial charge in [0, 0.05) is 6.20 Å². The average molecular weight is 264 g/mol. The number of benzene rings is 1. The predicted octanol–water partition coefficient (Wildman–Crippen LogP) is 0.866. The smallest absolute Gasteiger partial charge is 0.268 e. The van der Waals surface area contributed by atoms with Crippen molar-refractivity contribution in [2.75, 3.05) is 6.54 Å². The molecule has 5 nitrogen and oxygen atoms in total. The molecule has 1 aromatic heterocycles. The molecule has 0 bridgehead atoms. The van der Waals surface area contributed by atoms with Gasteiger partial charge in [0.2, 0.25) is 0 Å². The first-order valence-electron chi connectivity index (χ1n) is 5.28. The zero-order valence-corrected chi connectivity index (χ0v) is 10.3. The van der Waals surface area contributed by atoms with Crippen LogP contribution in [0, 0.1) is 0 Å². The Morgan fingerprint density at radius 2 is 1.78 bits per heavy atom. The van der Waals surface area contributed by atoms with E-state index in [1.165, 1.54) is 30.5 Å². The van der Waals surface area contributed by atoms with Crippen LogP contribution in [-0.2, 0) is 10.0 Å². The monoisotopic (exact) mass is 264 g/mol. The average Bonchev–Trinajstić information content (AvgIpc) is 2.89. The van der Waals surface area contributed by atoms with Gasteiger partial charge in [0.15, 0.2) is 5.78 Å². The Morgan fingerprint density at radius 1 is 1.11 bits per heavy atom. The van der Waals surface area contributed by atoms with Crippen LogP contribution in [-0.4, -0.2) is 24.7 Å². The topological polar surface area (TPSA) is 82.2 Å². The van der Waals surface area contributed by atoms with E-state index in [0.29, 0.717) is 0 Å². The maximum Gasteiger partial charge on any atom is 0.268 e. The molecule has 6 heteroatoms. The molecule has 1 aromatic carbocycles. The summed E-state index contributed by atoms with van der Waals surface area (Å²) in [6, 6.07) is 10.9. The fourth-order valence-corrected chi connectivity index (χ4v) is 2.98.